The Bertz CT molecular complexity index is 1420. The number of fused-ring (bicyclic) bond motifs is 1. The second-order valence-electron chi connectivity index (χ2n) is 8.09. The Balaban J connectivity index is 1.56. The van der Waals surface area contributed by atoms with E-state index in [1.165, 1.54) is 24.4 Å². The molecule has 1 N–H and O–H groups in total. The van der Waals surface area contributed by atoms with E-state index in [0.29, 0.717) is 16.5 Å². The molecule has 2 aromatic carbocycles. The summed E-state index contributed by atoms with van der Waals surface area (Å²) >= 11 is 0. The van der Waals surface area contributed by atoms with Crippen molar-refractivity contribution in [3.05, 3.63) is 60.3 Å². The first-order valence-corrected chi connectivity index (χ1v) is 12.4. The van der Waals surface area contributed by atoms with Crippen LogP contribution < -0.4 is 5.32 Å². The fourth-order valence-corrected chi connectivity index (χ4v) is 4.58. The van der Waals surface area contributed by atoms with Crippen molar-refractivity contribution in [1.29, 1.82) is 5.26 Å². The summed E-state index contributed by atoms with van der Waals surface area (Å²) in [6, 6.07) is 14.4. The van der Waals surface area contributed by atoms with Gasteiger partial charge in [0.15, 0.2) is 9.84 Å². The molecule has 0 spiro atoms. The summed E-state index contributed by atoms with van der Waals surface area (Å²) in [6.45, 7) is -0.521. The predicted octanol–water partition coefficient (Wildman–Crippen LogP) is 2.50. The number of sulfone groups is 1. The highest BCUT2D eigenvalue weighted by molar-refractivity contribution is 7.90. The van der Waals surface area contributed by atoms with Crippen molar-refractivity contribution >= 4 is 32.6 Å². The number of nitrogens with one attached hydrogen (secondary N) is 1. The van der Waals surface area contributed by atoms with Gasteiger partial charge in [0.2, 0.25) is 5.91 Å². The number of benzene rings is 2. The summed E-state index contributed by atoms with van der Waals surface area (Å²) in [5.41, 5.74) is 2.39. The Hall–Kier alpha value is -3.84. The molecule has 1 saturated heterocycles. The van der Waals surface area contributed by atoms with E-state index in [9.17, 15) is 22.4 Å². The van der Waals surface area contributed by atoms with Gasteiger partial charge in [-0.3, -0.25) is 14.6 Å². The van der Waals surface area contributed by atoms with Crippen molar-refractivity contribution < 1.29 is 22.4 Å². The molecule has 2 amide bonds. The summed E-state index contributed by atoms with van der Waals surface area (Å²) in [5, 5.41) is 12.2. The van der Waals surface area contributed by atoms with E-state index in [0.717, 1.165) is 22.3 Å². The second kappa shape index (κ2) is 9.19. The van der Waals surface area contributed by atoms with Gasteiger partial charge in [0, 0.05) is 24.3 Å². The van der Waals surface area contributed by atoms with Gasteiger partial charge >= 0.3 is 0 Å². The van der Waals surface area contributed by atoms with E-state index in [1.807, 2.05) is 12.1 Å². The first-order valence-electron chi connectivity index (χ1n) is 10.5. The van der Waals surface area contributed by atoms with E-state index in [-0.39, 0.29) is 24.4 Å². The third-order valence-electron chi connectivity index (χ3n) is 5.72. The predicted molar refractivity (Wildman–Crippen MR) is 123 cm³/mol. The van der Waals surface area contributed by atoms with E-state index in [2.05, 4.69) is 10.3 Å². The molecule has 3 aromatic rings. The van der Waals surface area contributed by atoms with Crippen LogP contribution in [0.2, 0.25) is 0 Å². The largest absolute Gasteiger partial charge is 0.343 e. The lowest BCUT2D eigenvalue weighted by molar-refractivity contribution is -0.130. The van der Waals surface area contributed by atoms with E-state index in [4.69, 9.17) is 5.26 Å². The molecule has 1 aliphatic rings. The van der Waals surface area contributed by atoms with Gasteiger partial charge in [0.1, 0.15) is 12.2 Å². The van der Waals surface area contributed by atoms with Gasteiger partial charge in [-0.25, -0.2) is 12.8 Å². The van der Waals surface area contributed by atoms with Crippen LogP contribution in [0.5, 0.6) is 0 Å². The number of alkyl halides is 1. The van der Waals surface area contributed by atoms with Crippen LogP contribution in [0.25, 0.3) is 22.0 Å². The lowest BCUT2D eigenvalue weighted by atomic mass is 10.0. The van der Waals surface area contributed by atoms with Crippen LogP contribution in [-0.2, 0) is 14.6 Å². The van der Waals surface area contributed by atoms with Crippen molar-refractivity contribution in [2.24, 2.45) is 0 Å². The topological polar surface area (TPSA) is 120 Å². The van der Waals surface area contributed by atoms with E-state index < -0.39 is 33.9 Å². The number of amides is 2. The number of halogens is 1. The number of carbonyl (C=O) groups excluding carboxylic acids is 2. The molecule has 4 rings (SSSR count). The lowest BCUT2D eigenvalue weighted by Crippen LogP contribution is -2.42. The molecule has 1 fully saturated rings. The number of hydrogen-bond acceptors (Lipinski definition) is 6. The highest BCUT2D eigenvalue weighted by Gasteiger charge is 2.35. The highest BCUT2D eigenvalue weighted by Crippen LogP contribution is 2.27. The van der Waals surface area contributed by atoms with Gasteiger partial charge in [-0.05, 0) is 41.5 Å². The molecule has 0 saturated carbocycles. The zero-order valence-corrected chi connectivity index (χ0v) is 19.0. The number of likely N-dealkylation sites (tertiary alicyclic amines) is 1. The van der Waals surface area contributed by atoms with Gasteiger partial charge in [-0.2, -0.15) is 5.26 Å². The average molecular weight is 481 g/mol. The molecular weight excluding hydrogens is 459 g/mol. The Kier molecular flexibility index (Phi) is 6.30. The fraction of sp³-hybridized carbons (Fsp3) is 0.250. The maximum Gasteiger partial charge on any atom is 0.252 e. The molecule has 0 aliphatic carbocycles. The maximum absolute atomic E-state index is 13.6. The van der Waals surface area contributed by atoms with Gasteiger partial charge in [-0.15, -0.1) is 0 Å². The van der Waals surface area contributed by atoms with Crippen LogP contribution in [0.4, 0.5) is 4.39 Å². The SMILES string of the molecule is CS(=O)(=O)c1ccc(-c2ccc3nccc(C(=O)NCC(=O)N4C[C@@H](F)C[C@H]4C#N)c3c2)cc1. The molecule has 0 bridgehead atoms. The number of pyridine rings is 1. The number of aromatic nitrogens is 1. The minimum Gasteiger partial charge on any atom is -0.343 e. The maximum atomic E-state index is 13.6. The minimum absolute atomic E-state index is 0.0286. The van der Waals surface area contributed by atoms with E-state index in [1.54, 1.807) is 24.3 Å². The fourth-order valence-electron chi connectivity index (χ4n) is 3.95. The molecule has 10 heteroatoms. The monoisotopic (exact) mass is 480 g/mol. The molecule has 0 radical (unpaired) electrons. The molecule has 1 aliphatic heterocycles. The Morgan fingerprint density at radius 1 is 1.18 bits per heavy atom. The Labute approximate surface area is 195 Å². The van der Waals surface area contributed by atoms with E-state index >= 15 is 0 Å². The zero-order valence-electron chi connectivity index (χ0n) is 18.2. The quantitative estimate of drug-likeness (QED) is 0.599. The molecule has 0 unspecified atom stereocenters. The molecule has 8 nitrogen and oxygen atoms in total. The Morgan fingerprint density at radius 2 is 1.88 bits per heavy atom. The number of nitriles is 1. The van der Waals surface area contributed by atoms with Crippen LogP contribution in [0.3, 0.4) is 0 Å². The third kappa shape index (κ3) is 4.75. The van der Waals surface area contributed by atoms with Crippen LogP contribution in [0.15, 0.2) is 59.6 Å². The molecule has 2 heterocycles. The van der Waals surface area contributed by atoms with Crippen LogP contribution in [0.1, 0.15) is 16.8 Å². The van der Waals surface area contributed by atoms with Crippen molar-refractivity contribution in [3.63, 3.8) is 0 Å². The highest BCUT2D eigenvalue weighted by atomic mass is 32.2. The lowest BCUT2D eigenvalue weighted by Gasteiger charge is -2.19. The van der Waals surface area contributed by atoms with Crippen molar-refractivity contribution in [2.75, 3.05) is 19.3 Å². The minimum atomic E-state index is -3.31. The number of nitrogens with zero attached hydrogens (tertiary/aromatic N) is 3. The molecular formula is C24H21FN4O4S. The van der Waals surface area contributed by atoms with Crippen LogP contribution in [0, 0.1) is 11.3 Å². The standard InChI is InChI=1S/C24H21FN4O4S/c1-34(32,33)19-5-2-15(3-6-19)16-4-7-22-21(10-16)20(8-9-27-22)24(31)28-13-23(30)29-14-17(25)11-18(29)12-26/h2-10,17-18H,11,13-14H2,1H3,(H,28,31)/t17-,18-/m0/s1. The molecule has 1 aromatic heterocycles. The Morgan fingerprint density at radius 3 is 2.56 bits per heavy atom. The normalized spacial score (nSPS) is 18.0. The number of hydrogen-bond donors (Lipinski definition) is 1. The van der Waals surface area contributed by atoms with Gasteiger partial charge < -0.3 is 10.2 Å². The zero-order chi connectivity index (χ0) is 24.5. The summed E-state index contributed by atoms with van der Waals surface area (Å²) in [5.74, 6) is -1.03. The number of carbonyl (C=O) groups is 2. The molecule has 34 heavy (non-hydrogen) atoms. The first kappa shape index (κ1) is 23.3. The van der Waals surface area contributed by atoms with Gasteiger partial charge in [0.05, 0.1) is 35.1 Å². The van der Waals surface area contributed by atoms with Gasteiger partial charge in [-0.1, -0.05) is 18.2 Å². The third-order valence-corrected chi connectivity index (χ3v) is 6.85. The summed E-state index contributed by atoms with van der Waals surface area (Å²) < 4.78 is 37.0. The average Bonchev–Trinajstić information content (AvgIpc) is 3.22. The van der Waals surface area contributed by atoms with Gasteiger partial charge in [0.25, 0.3) is 5.91 Å². The van der Waals surface area contributed by atoms with Crippen molar-refractivity contribution in [1.82, 2.24) is 15.2 Å². The summed E-state index contributed by atoms with van der Waals surface area (Å²) in [4.78, 5) is 31.0. The molecule has 174 valence electrons. The van der Waals surface area contributed by atoms with Crippen molar-refractivity contribution in [3.8, 4) is 17.2 Å². The summed E-state index contributed by atoms with van der Waals surface area (Å²) in [7, 11) is -3.31. The second-order valence-corrected chi connectivity index (χ2v) is 10.1. The first-order chi connectivity index (χ1) is 16.2. The van der Waals surface area contributed by atoms with Crippen LogP contribution >= 0.6 is 0 Å². The smallest absolute Gasteiger partial charge is 0.252 e. The molecule has 2 atom stereocenters. The number of rotatable bonds is 5. The van der Waals surface area contributed by atoms with Crippen LogP contribution in [-0.4, -0.2) is 61.7 Å². The summed E-state index contributed by atoms with van der Waals surface area (Å²) in [6.07, 6.45) is 1.34. The van der Waals surface area contributed by atoms with Crippen molar-refractivity contribution in [2.45, 2.75) is 23.5 Å².